The van der Waals surface area contributed by atoms with Crippen LogP contribution in [0.4, 0.5) is 0 Å². The summed E-state index contributed by atoms with van der Waals surface area (Å²) in [5.74, 6) is 0.526. The van der Waals surface area contributed by atoms with Crippen molar-refractivity contribution in [3.63, 3.8) is 0 Å². The van der Waals surface area contributed by atoms with Crippen molar-refractivity contribution in [3.8, 4) is 5.88 Å². The van der Waals surface area contributed by atoms with Gasteiger partial charge in [-0.05, 0) is 32.0 Å². The molecule has 0 amide bonds. The molecule has 5 heteroatoms. The number of rotatable bonds is 5. The highest BCUT2D eigenvalue weighted by Crippen LogP contribution is 2.28. The SMILES string of the molecule is CCNCc1cnc(OC2CC(C)OC(C)C2)c(Cl)c1. The summed E-state index contributed by atoms with van der Waals surface area (Å²) in [6.45, 7) is 7.91. The van der Waals surface area contributed by atoms with Crippen molar-refractivity contribution in [2.45, 2.75) is 58.5 Å². The lowest BCUT2D eigenvalue weighted by atomic mass is 10.0. The van der Waals surface area contributed by atoms with Gasteiger partial charge >= 0.3 is 0 Å². The topological polar surface area (TPSA) is 43.4 Å². The Bertz CT molecular complexity index is 432. The van der Waals surface area contributed by atoms with Gasteiger partial charge in [-0.3, -0.25) is 0 Å². The molecule has 1 aliphatic heterocycles. The summed E-state index contributed by atoms with van der Waals surface area (Å²) < 4.78 is 11.6. The molecule has 20 heavy (non-hydrogen) atoms. The molecule has 2 unspecified atom stereocenters. The molecule has 0 bridgehead atoms. The number of nitrogens with zero attached hydrogens (tertiary/aromatic N) is 1. The fourth-order valence-corrected chi connectivity index (χ4v) is 2.75. The van der Waals surface area contributed by atoms with E-state index in [1.807, 2.05) is 12.3 Å². The van der Waals surface area contributed by atoms with Gasteiger partial charge in [0.2, 0.25) is 5.88 Å². The fraction of sp³-hybridized carbons (Fsp3) is 0.667. The lowest BCUT2D eigenvalue weighted by Crippen LogP contribution is -2.35. The predicted octanol–water partition coefficient (Wildman–Crippen LogP) is 3.18. The lowest BCUT2D eigenvalue weighted by molar-refractivity contribution is -0.0729. The summed E-state index contributed by atoms with van der Waals surface area (Å²) in [4.78, 5) is 4.34. The van der Waals surface area contributed by atoms with Gasteiger partial charge in [-0.1, -0.05) is 18.5 Å². The maximum absolute atomic E-state index is 6.25. The Labute approximate surface area is 125 Å². The van der Waals surface area contributed by atoms with E-state index in [0.29, 0.717) is 10.9 Å². The van der Waals surface area contributed by atoms with Crippen molar-refractivity contribution < 1.29 is 9.47 Å². The Kier molecular flexibility index (Phi) is 5.64. The van der Waals surface area contributed by atoms with Gasteiger partial charge in [0.25, 0.3) is 0 Å². The molecule has 4 nitrogen and oxygen atoms in total. The molecular weight excluding hydrogens is 276 g/mol. The van der Waals surface area contributed by atoms with Crippen LogP contribution >= 0.6 is 11.6 Å². The van der Waals surface area contributed by atoms with E-state index in [1.165, 1.54) is 0 Å². The summed E-state index contributed by atoms with van der Waals surface area (Å²) in [6.07, 6.45) is 4.13. The maximum atomic E-state index is 6.25. The number of ether oxygens (including phenoxy) is 2. The van der Waals surface area contributed by atoms with Crippen LogP contribution in [0.2, 0.25) is 5.02 Å². The molecule has 1 aliphatic rings. The molecule has 1 fully saturated rings. The number of pyridine rings is 1. The molecule has 2 heterocycles. The van der Waals surface area contributed by atoms with E-state index in [2.05, 4.69) is 31.1 Å². The normalized spacial score (nSPS) is 26.5. The Hall–Kier alpha value is -0.840. The maximum Gasteiger partial charge on any atom is 0.232 e. The van der Waals surface area contributed by atoms with Crippen LogP contribution in [0.1, 0.15) is 39.2 Å². The van der Waals surface area contributed by atoms with Crippen molar-refractivity contribution in [1.82, 2.24) is 10.3 Å². The van der Waals surface area contributed by atoms with E-state index >= 15 is 0 Å². The van der Waals surface area contributed by atoms with Gasteiger partial charge < -0.3 is 14.8 Å². The van der Waals surface area contributed by atoms with Gasteiger partial charge in [0.05, 0.1) is 12.2 Å². The first kappa shape index (κ1) is 15.5. The highest BCUT2D eigenvalue weighted by atomic mass is 35.5. The molecular formula is C15H23ClN2O2. The van der Waals surface area contributed by atoms with E-state index in [1.54, 1.807) is 0 Å². The van der Waals surface area contributed by atoms with Gasteiger partial charge in [0.15, 0.2) is 0 Å². The van der Waals surface area contributed by atoms with Gasteiger partial charge in [-0.2, -0.15) is 0 Å². The van der Waals surface area contributed by atoms with Crippen LogP contribution in [0.25, 0.3) is 0 Å². The summed E-state index contributed by atoms with van der Waals surface area (Å²) in [5.41, 5.74) is 1.07. The number of halogens is 1. The van der Waals surface area contributed by atoms with Crippen LogP contribution in [0, 0.1) is 0 Å². The molecule has 1 aromatic heterocycles. The molecule has 2 atom stereocenters. The first-order chi connectivity index (χ1) is 9.58. The third kappa shape index (κ3) is 4.33. The molecule has 0 saturated carbocycles. The average molecular weight is 299 g/mol. The van der Waals surface area contributed by atoms with Crippen molar-refractivity contribution in [2.24, 2.45) is 0 Å². The number of hydrogen-bond donors (Lipinski definition) is 1. The molecule has 0 spiro atoms. The van der Waals surface area contributed by atoms with E-state index in [9.17, 15) is 0 Å². The average Bonchev–Trinajstić information content (AvgIpc) is 2.38. The zero-order valence-corrected chi connectivity index (χ0v) is 13.1. The second kappa shape index (κ2) is 7.25. The van der Waals surface area contributed by atoms with Crippen LogP contribution in [0.3, 0.4) is 0 Å². The zero-order chi connectivity index (χ0) is 14.5. The second-order valence-corrected chi connectivity index (χ2v) is 5.79. The predicted molar refractivity (Wildman–Crippen MR) is 80.3 cm³/mol. The molecule has 0 radical (unpaired) electrons. The lowest BCUT2D eigenvalue weighted by Gasteiger charge is -2.32. The van der Waals surface area contributed by atoms with Gasteiger partial charge in [-0.15, -0.1) is 0 Å². The summed E-state index contributed by atoms with van der Waals surface area (Å²) in [7, 11) is 0. The Balaban J connectivity index is 1.98. The minimum absolute atomic E-state index is 0.123. The highest BCUT2D eigenvalue weighted by Gasteiger charge is 2.26. The minimum atomic E-state index is 0.123. The van der Waals surface area contributed by atoms with Crippen molar-refractivity contribution >= 4 is 11.6 Å². The molecule has 1 aromatic rings. The Morgan fingerprint density at radius 1 is 1.40 bits per heavy atom. The van der Waals surface area contributed by atoms with Crippen molar-refractivity contribution in [3.05, 3.63) is 22.8 Å². The second-order valence-electron chi connectivity index (χ2n) is 5.38. The number of aromatic nitrogens is 1. The Morgan fingerprint density at radius 2 is 2.10 bits per heavy atom. The van der Waals surface area contributed by atoms with Crippen LogP contribution in [0.15, 0.2) is 12.3 Å². The van der Waals surface area contributed by atoms with Gasteiger partial charge in [-0.25, -0.2) is 4.98 Å². The smallest absolute Gasteiger partial charge is 0.232 e. The fourth-order valence-electron chi connectivity index (χ4n) is 2.52. The molecule has 0 aromatic carbocycles. The molecule has 1 saturated heterocycles. The standard InChI is InChI=1S/C15H23ClN2O2/c1-4-17-8-12-7-14(16)15(18-9-12)20-13-5-10(2)19-11(3)6-13/h7,9-11,13,17H,4-6,8H2,1-3H3. The molecule has 112 valence electrons. The summed E-state index contributed by atoms with van der Waals surface area (Å²) >= 11 is 6.25. The number of hydrogen-bond acceptors (Lipinski definition) is 4. The van der Waals surface area contributed by atoms with E-state index in [-0.39, 0.29) is 18.3 Å². The monoisotopic (exact) mass is 298 g/mol. The molecule has 1 N–H and O–H groups in total. The first-order valence-electron chi connectivity index (χ1n) is 7.25. The quantitative estimate of drug-likeness (QED) is 0.907. The van der Waals surface area contributed by atoms with E-state index in [0.717, 1.165) is 31.5 Å². The van der Waals surface area contributed by atoms with Gasteiger partial charge in [0, 0.05) is 25.6 Å². The molecule has 2 rings (SSSR count). The molecule has 0 aliphatic carbocycles. The Morgan fingerprint density at radius 3 is 2.70 bits per heavy atom. The van der Waals surface area contributed by atoms with Crippen LogP contribution in [-0.2, 0) is 11.3 Å². The minimum Gasteiger partial charge on any atom is -0.473 e. The summed E-state index contributed by atoms with van der Waals surface area (Å²) in [5, 5.41) is 3.82. The highest BCUT2D eigenvalue weighted by molar-refractivity contribution is 6.31. The third-order valence-electron chi connectivity index (χ3n) is 3.38. The van der Waals surface area contributed by atoms with Gasteiger partial charge in [0.1, 0.15) is 11.1 Å². The van der Waals surface area contributed by atoms with Crippen LogP contribution in [-0.4, -0.2) is 29.8 Å². The number of nitrogens with one attached hydrogen (secondary N) is 1. The largest absolute Gasteiger partial charge is 0.473 e. The van der Waals surface area contributed by atoms with Crippen molar-refractivity contribution in [1.29, 1.82) is 0 Å². The van der Waals surface area contributed by atoms with Crippen molar-refractivity contribution in [2.75, 3.05) is 6.54 Å². The first-order valence-corrected chi connectivity index (χ1v) is 7.63. The van der Waals surface area contributed by atoms with E-state index in [4.69, 9.17) is 21.1 Å². The van der Waals surface area contributed by atoms with Crippen LogP contribution < -0.4 is 10.1 Å². The van der Waals surface area contributed by atoms with E-state index < -0.39 is 0 Å². The third-order valence-corrected chi connectivity index (χ3v) is 3.65. The van der Waals surface area contributed by atoms with Crippen LogP contribution in [0.5, 0.6) is 5.88 Å². The summed E-state index contributed by atoms with van der Waals surface area (Å²) in [6, 6.07) is 1.92. The zero-order valence-electron chi connectivity index (χ0n) is 12.4.